The van der Waals surface area contributed by atoms with Gasteiger partial charge in [-0.3, -0.25) is 4.98 Å². The molecular formula is C15H23F3N4O3. The van der Waals surface area contributed by atoms with Crippen LogP contribution in [0.4, 0.5) is 19.0 Å². The summed E-state index contributed by atoms with van der Waals surface area (Å²) in [5.41, 5.74) is 4.60. The molecule has 0 spiro atoms. The van der Waals surface area contributed by atoms with Crippen molar-refractivity contribution in [3.63, 3.8) is 0 Å². The van der Waals surface area contributed by atoms with Crippen molar-refractivity contribution < 1.29 is 27.4 Å². The molecule has 3 unspecified atom stereocenters. The molecule has 2 aliphatic rings. The van der Waals surface area contributed by atoms with E-state index in [0.717, 1.165) is 13.0 Å². The second kappa shape index (κ2) is 7.81. The lowest BCUT2D eigenvalue weighted by Crippen LogP contribution is -2.46. The Hall–Kier alpha value is -1.49. The lowest BCUT2D eigenvalue weighted by molar-refractivity contribution is -0.152. The van der Waals surface area contributed by atoms with Crippen molar-refractivity contribution in [1.29, 1.82) is 0 Å². The van der Waals surface area contributed by atoms with Gasteiger partial charge >= 0.3 is 6.18 Å². The second-order valence-electron chi connectivity index (χ2n) is 6.11. The number of alkyl halides is 3. The molecule has 10 heteroatoms. The Bertz CT molecular complexity index is 571. The van der Waals surface area contributed by atoms with Crippen LogP contribution >= 0.6 is 0 Å². The molecule has 0 bridgehead atoms. The van der Waals surface area contributed by atoms with E-state index in [-0.39, 0.29) is 24.1 Å². The third-order valence-corrected chi connectivity index (χ3v) is 3.74. The van der Waals surface area contributed by atoms with Crippen molar-refractivity contribution in [1.82, 2.24) is 9.97 Å². The summed E-state index contributed by atoms with van der Waals surface area (Å²) in [5, 5.41) is 2.47. The zero-order valence-corrected chi connectivity index (χ0v) is 14.3. The van der Waals surface area contributed by atoms with Gasteiger partial charge in [-0.1, -0.05) is 0 Å². The third kappa shape index (κ3) is 5.24. The van der Waals surface area contributed by atoms with Crippen LogP contribution in [0.5, 0.6) is 0 Å². The van der Waals surface area contributed by atoms with E-state index < -0.39 is 17.7 Å². The molecule has 1 aromatic rings. The molecule has 0 saturated carbocycles. The van der Waals surface area contributed by atoms with Gasteiger partial charge in [0.2, 0.25) is 0 Å². The second-order valence-corrected chi connectivity index (χ2v) is 6.11. The van der Waals surface area contributed by atoms with Gasteiger partial charge in [0, 0.05) is 20.2 Å². The summed E-state index contributed by atoms with van der Waals surface area (Å²) in [4.78, 5) is 6.64. The van der Waals surface area contributed by atoms with Crippen LogP contribution < -0.4 is 11.1 Å². The first-order valence-electron chi connectivity index (χ1n) is 7.90. The van der Waals surface area contributed by atoms with E-state index in [1.165, 1.54) is 13.2 Å². The van der Waals surface area contributed by atoms with Gasteiger partial charge in [0.1, 0.15) is 11.9 Å². The maximum atomic E-state index is 12.0. The Labute approximate surface area is 144 Å². The molecule has 0 aliphatic carbocycles. The first-order chi connectivity index (χ1) is 11.7. The average Bonchev–Trinajstić information content (AvgIpc) is 2.88. The monoisotopic (exact) mass is 364 g/mol. The normalized spacial score (nSPS) is 27.9. The van der Waals surface area contributed by atoms with E-state index in [1.807, 2.05) is 13.8 Å². The van der Waals surface area contributed by atoms with Crippen molar-refractivity contribution in [2.75, 3.05) is 25.5 Å². The summed E-state index contributed by atoms with van der Waals surface area (Å²) in [6.07, 6.45) is -1.44. The summed E-state index contributed by atoms with van der Waals surface area (Å²) in [5.74, 6) is -0.374. The number of ether oxygens (including phenoxy) is 3. The molecule has 25 heavy (non-hydrogen) atoms. The third-order valence-electron chi connectivity index (χ3n) is 3.74. The average molecular weight is 364 g/mol. The highest BCUT2D eigenvalue weighted by molar-refractivity contribution is 5.30. The highest BCUT2D eigenvalue weighted by Gasteiger charge is 2.47. The molecule has 0 amide bonds. The van der Waals surface area contributed by atoms with Crippen LogP contribution in [0.2, 0.25) is 0 Å². The first-order valence-corrected chi connectivity index (χ1v) is 7.90. The van der Waals surface area contributed by atoms with Gasteiger partial charge in [-0.15, -0.1) is 0 Å². The molecule has 3 heterocycles. The Morgan fingerprint density at radius 2 is 2.04 bits per heavy atom. The van der Waals surface area contributed by atoms with Crippen LogP contribution in [0.25, 0.3) is 0 Å². The minimum absolute atomic E-state index is 0.000486. The largest absolute Gasteiger partial charge is 0.434 e. The van der Waals surface area contributed by atoms with Crippen molar-refractivity contribution in [3.8, 4) is 0 Å². The predicted octanol–water partition coefficient (Wildman–Crippen LogP) is 1.79. The summed E-state index contributed by atoms with van der Waals surface area (Å²) in [6, 6.07) is 0. The number of fused-ring (bicyclic) bond motifs is 1. The fraction of sp³-hybridized carbons (Fsp3) is 0.733. The minimum Gasteiger partial charge on any atom is -0.374 e. The van der Waals surface area contributed by atoms with Gasteiger partial charge in [-0.25, -0.2) is 4.98 Å². The van der Waals surface area contributed by atoms with E-state index >= 15 is 0 Å². The zero-order valence-electron chi connectivity index (χ0n) is 14.3. The van der Waals surface area contributed by atoms with E-state index in [2.05, 4.69) is 15.3 Å². The Kier molecular flexibility index (Phi) is 6.20. The number of halogens is 3. The first kappa shape index (κ1) is 19.8. The van der Waals surface area contributed by atoms with Gasteiger partial charge in [0.25, 0.3) is 0 Å². The van der Waals surface area contributed by atoms with Gasteiger partial charge in [0.15, 0.2) is 11.5 Å². The minimum atomic E-state index is -4.43. The van der Waals surface area contributed by atoms with Gasteiger partial charge < -0.3 is 25.3 Å². The predicted molar refractivity (Wildman–Crippen MR) is 83.8 cm³/mol. The SMILES string of the molecule is CC1(C)OC2CCOC(CN)C2O1.CNc1cncc(C(F)(F)F)n1. The van der Waals surface area contributed by atoms with Crippen LogP contribution in [0.15, 0.2) is 12.4 Å². The maximum Gasteiger partial charge on any atom is 0.434 e. The fourth-order valence-electron chi connectivity index (χ4n) is 2.66. The number of aromatic nitrogens is 2. The van der Waals surface area contributed by atoms with Crippen LogP contribution in [-0.4, -0.2) is 54.3 Å². The number of hydrogen-bond donors (Lipinski definition) is 2. The molecule has 2 aliphatic heterocycles. The smallest absolute Gasteiger partial charge is 0.374 e. The lowest BCUT2D eigenvalue weighted by atomic mass is 10.0. The standard InChI is InChI=1S/C9H17NO3.C6H6F3N3/c1-9(2)12-6-3-4-11-7(5-10)8(6)13-9;1-10-5-3-11-2-4(12-5)6(7,8)9/h6-8H,3-5,10H2,1-2H3;2-3H,1H3,(H,10,12). The highest BCUT2D eigenvalue weighted by Crippen LogP contribution is 2.34. The van der Waals surface area contributed by atoms with Crippen LogP contribution in [0.1, 0.15) is 26.0 Å². The number of nitrogens with one attached hydrogen (secondary N) is 1. The van der Waals surface area contributed by atoms with Crippen LogP contribution in [0, 0.1) is 0 Å². The summed E-state index contributed by atoms with van der Waals surface area (Å²) >= 11 is 0. The topological polar surface area (TPSA) is 91.5 Å². The number of anilines is 1. The maximum absolute atomic E-state index is 12.0. The van der Waals surface area contributed by atoms with E-state index in [4.69, 9.17) is 19.9 Å². The molecule has 2 fully saturated rings. The van der Waals surface area contributed by atoms with Crippen LogP contribution in [-0.2, 0) is 20.4 Å². The van der Waals surface area contributed by atoms with Crippen molar-refractivity contribution in [3.05, 3.63) is 18.1 Å². The Balaban J connectivity index is 0.000000181. The van der Waals surface area contributed by atoms with Crippen LogP contribution in [0.3, 0.4) is 0 Å². The van der Waals surface area contributed by atoms with Crippen molar-refractivity contribution in [2.45, 2.75) is 50.5 Å². The molecule has 2 saturated heterocycles. The molecule has 1 aromatic heterocycles. The molecule has 3 rings (SSSR count). The number of rotatable bonds is 2. The fourth-order valence-corrected chi connectivity index (χ4v) is 2.66. The Morgan fingerprint density at radius 3 is 2.64 bits per heavy atom. The zero-order chi connectivity index (χ0) is 18.7. The molecule has 7 nitrogen and oxygen atoms in total. The quantitative estimate of drug-likeness (QED) is 0.827. The van der Waals surface area contributed by atoms with E-state index in [9.17, 15) is 13.2 Å². The molecular weight excluding hydrogens is 341 g/mol. The van der Waals surface area contributed by atoms with Gasteiger partial charge in [-0.2, -0.15) is 13.2 Å². The molecule has 3 atom stereocenters. The summed E-state index contributed by atoms with van der Waals surface area (Å²) in [7, 11) is 1.48. The number of nitrogens with two attached hydrogens (primary N) is 1. The number of hydrogen-bond acceptors (Lipinski definition) is 7. The summed E-state index contributed by atoms with van der Waals surface area (Å²) in [6.45, 7) is 5.08. The van der Waals surface area contributed by atoms with Gasteiger partial charge in [-0.05, 0) is 20.3 Å². The summed E-state index contributed by atoms with van der Waals surface area (Å²) < 4.78 is 52.9. The number of nitrogens with zero attached hydrogens (tertiary/aromatic N) is 2. The Morgan fingerprint density at radius 1 is 1.32 bits per heavy atom. The molecule has 0 radical (unpaired) electrons. The highest BCUT2D eigenvalue weighted by atomic mass is 19.4. The molecule has 3 N–H and O–H groups in total. The van der Waals surface area contributed by atoms with Crippen molar-refractivity contribution in [2.24, 2.45) is 5.73 Å². The molecule has 0 aromatic carbocycles. The van der Waals surface area contributed by atoms with E-state index in [1.54, 1.807) is 0 Å². The molecule has 142 valence electrons. The lowest BCUT2D eigenvalue weighted by Gasteiger charge is -2.30. The van der Waals surface area contributed by atoms with Crippen molar-refractivity contribution >= 4 is 5.82 Å². The van der Waals surface area contributed by atoms with E-state index in [0.29, 0.717) is 12.7 Å². The van der Waals surface area contributed by atoms with Gasteiger partial charge in [0.05, 0.1) is 24.6 Å².